The Kier molecular flexibility index (Phi) is 4.98. The van der Waals surface area contributed by atoms with E-state index in [1.165, 1.54) is 42.7 Å². The molecule has 0 atom stereocenters. The number of hydrogen-bond donors (Lipinski definition) is 1. The van der Waals surface area contributed by atoms with Gasteiger partial charge in [0.2, 0.25) is 0 Å². The third kappa shape index (κ3) is 4.34. The fraction of sp³-hybridized carbons (Fsp3) is 0.133. The molecule has 1 N–H and O–H groups in total. The molecule has 1 aromatic carbocycles. The summed E-state index contributed by atoms with van der Waals surface area (Å²) in [6.45, 7) is 1.20. The molecule has 1 aromatic heterocycles. The monoisotopic (exact) mass is 315 g/mol. The maximum Gasteiger partial charge on any atom is 0.338 e. The molecule has 0 saturated carbocycles. The van der Waals surface area contributed by atoms with Gasteiger partial charge >= 0.3 is 5.97 Å². The number of nitro benzene ring substituents is 1. The van der Waals surface area contributed by atoms with Gasteiger partial charge in [-0.1, -0.05) is 6.07 Å². The van der Waals surface area contributed by atoms with Crippen molar-refractivity contribution in [2.75, 3.05) is 11.9 Å². The van der Waals surface area contributed by atoms with Crippen LogP contribution in [0.3, 0.4) is 0 Å². The molecular weight excluding hydrogens is 302 g/mol. The van der Waals surface area contributed by atoms with Gasteiger partial charge in [-0.25, -0.2) is 4.79 Å². The number of amides is 1. The fourth-order valence-corrected chi connectivity index (χ4v) is 1.75. The van der Waals surface area contributed by atoms with Gasteiger partial charge in [-0.05, 0) is 24.6 Å². The maximum atomic E-state index is 11.8. The largest absolute Gasteiger partial charge is 0.452 e. The number of aromatic nitrogens is 1. The summed E-state index contributed by atoms with van der Waals surface area (Å²) in [4.78, 5) is 37.5. The quantitative estimate of drug-likeness (QED) is 0.513. The number of pyridine rings is 1. The molecule has 0 aliphatic heterocycles. The van der Waals surface area contributed by atoms with Crippen LogP contribution in [-0.2, 0) is 9.53 Å². The number of esters is 1. The lowest BCUT2D eigenvalue weighted by Gasteiger charge is -2.09. The van der Waals surface area contributed by atoms with Gasteiger partial charge in [0.05, 0.1) is 16.2 Å². The van der Waals surface area contributed by atoms with Crippen LogP contribution in [0.1, 0.15) is 15.9 Å². The molecule has 0 spiro atoms. The summed E-state index contributed by atoms with van der Waals surface area (Å²) in [5, 5.41) is 13.2. The third-order valence-corrected chi connectivity index (χ3v) is 2.96. The molecule has 0 aliphatic rings. The molecule has 0 fully saturated rings. The van der Waals surface area contributed by atoms with Crippen LogP contribution in [0, 0.1) is 17.0 Å². The zero-order valence-electron chi connectivity index (χ0n) is 12.2. The first kappa shape index (κ1) is 16.1. The lowest BCUT2D eigenvalue weighted by Crippen LogP contribution is -2.21. The van der Waals surface area contributed by atoms with Crippen molar-refractivity contribution in [3.05, 3.63) is 64.0 Å². The normalized spacial score (nSPS) is 9.96. The Morgan fingerprint density at radius 3 is 2.61 bits per heavy atom. The Bertz CT molecular complexity index is 746. The van der Waals surface area contributed by atoms with Crippen molar-refractivity contribution in [3.63, 3.8) is 0 Å². The average Bonchev–Trinajstić information content (AvgIpc) is 2.55. The van der Waals surface area contributed by atoms with E-state index >= 15 is 0 Å². The first-order valence-electron chi connectivity index (χ1n) is 6.59. The summed E-state index contributed by atoms with van der Waals surface area (Å²) >= 11 is 0. The number of benzene rings is 1. The summed E-state index contributed by atoms with van der Waals surface area (Å²) in [5.41, 5.74) is 1.09. The number of hydrogen-bond acceptors (Lipinski definition) is 6. The van der Waals surface area contributed by atoms with E-state index in [4.69, 9.17) is 4.74 Å². The number of nitrogens with one attached hydrogen (secondary N) is 1. The van der Waals surface area contributed by atoms with E-state index in [1.54, 1.807) is 6.92 Å². The zero-order valence-corrected chi connectivity index (χ0v) is 12.2. The molecule has 2 aromatic rings. The molecular formula is C15H13N3O5. The van der Waals surface area contributed by atoms with Crippen LogP contribution in [0.5, 0.6) is 0 Å². The fourth-order valence-electron chi connectivity index (χ4n) is 1.75. The summed E-state index contributed by atoms with van der Waals surface area (Å²) in [7, 11) is 0. The Morgan fingerprint density at radius 1 is 1.26 bits per heavy atom. The van der Waals surface area contributed by atoms with E-state index in [0.29, 0.717) is 11.3 Å². The van der Waals surface area contributed by atoms with Crippen LogP contribution >= 0.6 is 0 Å². The standard InChI is InChI=1S/C15H13N3O5/c1-10-2-3-12(18(21)22)8-13(10)17-14(19)9-23-15(20)11-4-6-16-7-5-11/h2-8H,9H2,1H3,(H,17,19). The minimum absolute atomic E-state index is 0.139. The molecule has 0 saturated heterocycles. The van der Waals surface area contributed by atoms with Gasteiger partial charge in [0.25, 0.3) is 11.6 Å². The summed E-state index contributed by atoms with van der Waals surface area (Å²) in [6, 6.07) is 7.04. The number of nitro groups is 1. The second-order valence-electron chi connectivity index (χ2n) is 4.62. The summed E-state index contributed by atoms with van der Waals surface area (Å²) in [6.07, 6.45) is 2.87. The number of carbonyl (C=O) groups is 2. The molecule has 118 valence electrons. The van der Waals surface area contributed by atoms with Crippen LogP contribution in [-0.4, -0.2) is 28.4 Å². The third-order valence-electron chi connectivity index (χ3n) is 2.96. The van der Waals surface area contributed by atoms with Crippen LogP contribution in [0.15, 0.2) is 42.7 Å². The molecule has 8 nitrogen and oxygen atoms in total. The number of non-ortho nitro benzene ring substituents is 1. The van der Waals surface area contributed by atoms with Crippen molar-refractivity contribution >= 4 is 23.3 Å². The predicted molar refractivity (Wildman–Crippen MR) is 81.0 cm³/mol. The Labute approximate surface area is 131 Å². The van der Waals surface area contributed by atoms with Gasteiger partial charge in [0.15, 0.2) is 6.61 Å². The second kappa shape index (κ2) is 7.12. The van der Waals surface area contributed by atoms with Crippen molar-refractivity contribution in [2.45, 2.75) is 6.92 Å². The molecule has 0 unspecified atom stereocenters. The van der Waals surface area contributed by atoms with Crippen molar-refractivity contribution in [1.82, 2.24) is 4.98 Å². The first-order chi connectivity index (χ1) is 11.0. The molecule has 0 aliphatic carbocycles. The Balaban J connectivity index is 1.96. The lowest BCUT2D eigenvalue weighted by atomic mass is 10.2. The average molecular weight is 315 g/mol. The van der Waals surface area contributed by atoms with Crippen LogP contribution in [0.4, 0.5) is 11.4 Å². The second-order valence-corrected chi connectivity index (χ2v) is 4.62. The highest BCUT2D eigenvalue weighted by molar-refractivity contribution is 5.96. The van der Waals surface area contributed by atoms with Gasteiger partial charge in [-0.15, -0.1) is 0 Å². The minimum Gasteiger partial charge on any atom is -0.452 e. The van der Waals surface area contributed by atoms with Crippen LogP contribution < -0.4 is 5.32 Å². The molecule has 8 heteroatoms. The number of ether oxygens (including phenoxy) is 1. The SMILES string of the molecule is Cc1ccc([N+](=O)[O-])cc1NC(=O)COC(=O)c1ccncc1. The molecule has 2 rings (SSSR count). The van der Waals surface area contributed by atoms with E-state index in [1.807, 2.05) is 0 Å². The van der Waals surface area contributed by atoms with E-state index in [9.17, 15) is 19.7 Å². The predicted octanol–water partition coefficient (Wildman–Crippen LogP) is 2.09. The molecule has 0 radical (unpaired) electrons. The van der Waals surface area contributed by atoms with Gasteiger partial charge in [0.1, 0.15) is 0 Å². The van der Waals surface area contributed by atoms with Gasteiger partial charge in [0, 0.05) is 24.5 Å². The minimum atomic E-state index is -0.654. The van der Waals surface area contributed by atoms with Gasteiger partial charge < -0.3 is 10.1 Å². The van der Waals surface area contributed by atoms with E-state index in [-0.39, 0.29) is 11.3 Å². The number of carbonyl (C=O) groups excluding carboxylic acids is 2. The Hall–Kier alpha value is -3.29. The number of aryl methyl sites for hydroxylation is 1. The highest BCUT2D eigenvalue weighted by Crippen LogP contribution is 2.21. The molecule has 0 bridgehead atoms. The lowest BCUT2D eigenvalue weighted by molar-refractivity contribution is -0.384. The van der Waals surface area contributed by atoms with E-state index in [2.05, 4.69) is 10.3 Å². The summed E-state index contributed by atoms with van der Waals surface area (Å²) in [5.74, 6) is -1.24. The van der Waals surface area contributed by atoms with Gasteiger partial charge in [-0.2, -0.15) is 0 Å². The number of anilines is 1. The highest BCUT2D eigenvalue weighted by atomic mass is 16.6. The van der Waals surface area contributed by atoms with E-state index in [0.717, 1.165) is 0 Å². The number of nitrogens with zero attached hydrogens (tertiary/aromatic N) is 2. The van der Waals surface area contributed by atoms with Crippen molar-refractivity contribution in [3.8, 4) is 0 Å². The Morgan fingerprint density at radius 2 is 1.96 bits per heavy atom. The molecule has 1 heterocycles. The zero-order chi connectivity index (χ0) is 16.8. The smallest absolute Gasteiger partial charge is 0.338 e. The topological polar surface area (TPSA) is 111 Å². The van der Waals surface area contributed by atoms with Crippen LogP contribution in [0.2, 0.25) is 0 Å². The molecule has 1 amide bonds. The molecule has 23 heavy (non-hydrogen) atoms. The summed E-state index contributed by atoms with van der Waals surface area (Å²) < 4.78 is 4.87. The number of rotatable bonds is 5. The maximum absolute atomic E-state index is 11.8. The van der Waals surface area contributed by atoms with Crippen LogP contribution in [0.25, 0.3) is 0 Å². The van der Waals surface area contributed by atoms with Crippen molar-refractivity contribution < 1.29 is 19.2 Å². The van der Waals surface area contributed by atoms with E-state index < -0.39 is 23.4 Å². The van der Waals surface area contributed by atoms with Crippen molar-refractivity contribution in [2.24, 2.45) is 0 Å². The first-order valence-corrected chi connectivity index (χ1v) is 6.59. The van der Waals surface area contributed by atoms with Gasteiger partial charge in [-0.3, -0.25) is 19.9 Å². The highest BCUT2D eigenvalue weighted by Gasteiger charge is 2.13. The van der Waals surface area contributed by atoms with Crippen molar-refractivity contribution in [1.29, 1.82) is 0 Å².